The van der Waals surface area contributed by atoms with Crippen LogP contribution in [0, 0.1) is 6.92 Å². The van der Waals surface area contributed by atoms with Gasteiger partial charge in [-0.05, 0) is 37.0 Å². The van der Waals surface area contributed by atoms with E-state index >= 15 is 0 Å². The Morgan fingerprint density at radius 1 is 1.32 bits per heavy atom. The van der Waals surface area contributed by atoms with E-state index in [4.69, 9.17) is 4.74 Å². The molecule has 0 aliphatic heterocycles. The second kappa shape index (κ2) is 8.53. The normalized spacial score (nSPS) is 10.8. The largest absolute Gasteiger partial charge is 0.465 e. The number of hydrogen-bond donors (Lipinski definition) is 1. The van der Waals surface area contributed by atoms with Gasteiger partial charge in [-0.1, -0.05) is 23.9 Å². The summed E-state index contributed by atoms with van der Waals surface area (Å²) in [4.78, 5) is 23.1. The lowest BCUT2D eigenvalue weighted by atomic mass is 10.2. The molecule has 0 aliphatic rings. The first kappa shape index (κ1) is 18.8. The number of rotatable bonds is 6. The van der Waals surface area contributed by atoms with E-state index in [0.717, 1.165) is 11.3 Å². The summed E-state index contributed by atoms with van der Waals surface area (Å²) in [5.74, 6) is -0.0589. The van der Waals surface area contributed by atoms with Crippen LogP contribution in [0.1, 0.15) is 21.6 Å². The summed E-state index contributed by atoms with van der Waals surface area (Å²) in [6, 6.07) is 7.85. The molecule has 1 heterocycles. The number of aromatic nitrogens is 2. The first-order chi connectivity index (χ1) is 11.9. The molecule has 7 heteroatoms. The van der Waals surface area contributed by atoms with E-state index in [1.807, 2.05) is 62.6 Å². The fourth-order valence-electron chi connectivity index (χ4n) is 2.14. The molecule has 132 valence electrons. The van der Waals surface area contributed by atoms with Gasteiger partial charge in [0, 0.05) is 26.0 Å². The Hall–Kier alpha value is -2.54. The smallest absolute Gasteiger partial charge is 0.343 e. The third-order valence-corrected chi connectivity index (χ3v) is 3.85. The monoisotopic (exact) mass is 358 g/mol. The zero-order chi connectivity index (χ0) is 18.4. The third kappa shape index (κ3) is 4.96. The van der Waals surface area contributed by atoms with Crippen LogP contribution in [0.5, 0.6) is 0 Å². The Balaban J connectivity index is 2.58. The Labute approximate surface area is 152 Å². The molecule has 6 nitrogen and oxygen atoms in total. The van der Waals surface area contributed by atoms with Crippen LogP contribution >= 0.6 is 11.8 Å². The lowest BCUT2D eigenvalue weighted by Crippen LogP contribution is -2.12. The minimum atomic E-state index is -0.485. The molecule has 1 N–H and O–H groups in total. The standard InChI is InChI=1S/C18H22N4O2S/c1-12-7-6-8-13(11-12)19-16-15(17(23)24-4)14(9-10-22(2)3)20-18(21-16)25-5/h6-11H,1-5H3,(H,19,20,21)/b10-9+. The van der Waals surface area contributed by atoms with Crippen molar-refractivity contribution in [1.29, 1.82) is 0 Å². The maximum atomic E-state index is 12.4. The summed E-state index contributed by atoms with van der Waals surface area (Å²) in [6.07, 6.45) is 5.49. The summed E-state index contributed by atoms with van der Waals surface area (Å²) in [5.41, 5.74) is 2.77. The number of nitrogens with zero attached hydrogens (tertiary/aromatic N) is 3. The fourth-order valence-corrected chi connectivity index (χ4v) is 2.51. The summed E-state index contributed by atoms with van der Waals surface area (Å²) in [7, 11) is 5.15. The zero-order valence-electron chi connectivity index (χ0n) is 15.0. The summed E-state index contributed by atoms with van der Waals surface area (Å²) >= 11 is 1.41. The van der Waals surface area contributed by atoms with Gasteiger partial charge >= 0.3 is 5.97 Å². The van der Waals surface area contributed by atoms with Gasteiger partial charge in [0.05, 0.1) is 12.8 Å². The number of thioether (sulfide) groups is 1. The molecule has 0 saturated carbocycles. The summed E-state index contributed by atoms with van der Waals surface area (Å²) < 4.78 is 4.95. The van der Waals surface area contributed by atoms with Crippen LogP contribution in [0.4, 0.5) is 11.5 Å². The number of ether oxygens (including phenoxy) is 1. The number of hydrogen-bond acceptors (Lipinski definition) is 7. The van der Waals surface area contributed by atoms with Crippen LogP contribution in [-0.4, -0.2) is 48.3 Å². The number of carbonyl (C=O) groups is 1. The van der Waals surface area contributed by atoms with Crippen LogP contribution in [0.15, 0.2) is 35.6 Å². The van der Waals surface area contributed by atoms with E-state index < -0.39 is 5.97 Å². The molecule has 0 bridgehead atoms. The first-order valence-electron chi connectivity index (χ1n) is 7.67. The van der Waals surface area contributed by atoms with Gasteiger partial charge in [-0.3, -0.25) is 0 Å². The van der Waals surface area contributed by atoms with Gasteiger partial charge in [0.1, 0.15) is 11.4 Å². The quantitative estimate of drug-likeness (QED) is 0.481. The van der Waals surface area contributed by atoms with Crippen LogP contribution in [-0.2, 0) is 4.74 Å². The predicted octanol–water partition coefficient (Wildman–Crippen LogP) is 3.57. The van der Waals surface area contributed by atoms with Crippen LogP contribution < -0.4 is 5.32 Å². The van der Waals surface area contributed by atoms with Crippen molar-refractivity contribution in [2.24, 2.45) is 0 Å². The van der Waals surface area contributed by atoms with Crippen molar-refractivity contribution < 1.29 is 9.53 Å². The Morgan fingerprint density at radius 2 is 2.08 bits per heavy atom. The minimum Gasteiger partial charge on any atom is -0.465 e. The Kier molecular flexibility index (Phi) is 6.41. The Bertz CT molecular complexity index is 791. The molecular weight excluding hydrogens is 336 g/mol. The number of esters is 1. The lowest BCUT2D eigenvalue weighted by molar-refractivity contribution is 0.0600. The van der Waals surface area contributed by atoms with Crippen molar-refractivity contribution in [1.82, 2.24) is 14.9 Å². The molecule has 0 fully saturated rings. The van der Waals surface area contributed by atoms with Gasteiger partial charge in [0.25, 0.3) is 0 Å². The molecule has 0 aliphatic carbocycles. The average molecular weight is 358 g/mol. The molecule has 1 aromatic heterocycles. The molecule has 0 atom stereocenters. The second-order valence-electron chi connectivity index (χ2n) is 5.58. The van der Waals surface area contributed by atoms with Gasteiger partial charge in [-0.15, -0.1) is 0 Å². The minimum absolute atomic E-state index is 0.305. The highest BCUT2D eigenvalue weighted by Crippen LogP contribution is 2.26. The maximum absolute atomic E-state index is 12.4. The van der Waals surface area contributed by atoms with Gasteiger partial charge in [-0.2, -0.15) is 0 Å². The predicted molar refractivity (Wildman–Crippen MR) is 102 cm³/mol. The van der Waals surface area contributed by atoms with Crippen LogP contribution in [0.2, 0.25) is 0 Å². The summed E-state index contributed by atoms with van der Waals surface area (Å²) in [5, 5.41) is 3.79. The SMILES string of the molecule is COC(=O)c1c(/C=C/N(C)C)nc(SC)nc1Nc1cccc(C)c1. The molecular formula is C18H22N4O2S. The number of methoxy groups -OCH3 is 1. The van der Waals surface area contributed by atoms with Crippen molar-refractivity contribution in [2.75, 3.05) is 32.8 Å². The van der Waals surface area contributed by atoms with E-state index in [2.05, 4.69) is 15.3 Å². The first-order valence-corrected chi connectivity index (χ1v) is 8.89. The second-order valence-corrected chi connectivity index (χ2v) is 6.36. The lowest BCUT2D eigenvalue weighted by Gasteiger charge is -2.14. The van der Waals surface area contributed by atoms with Crippen LogP contribution in [0.25, 0.3) is 6.08 Å². The van der Waals surface area contributed by atoms with Crippen LogP contribution in [0.3, 0.4) is 0 Å². The maximum Gasteiger partial charge on any atom is 0.343 e. The number of carbonyl (C=O) groups excluding carboxylic acids is 1. The number of aryl methyl sites for hydroxylation is 1. The van der Waals surface area contributed by atoms with Gasteiger partial charge in [0.15, 0.2) is 5.16 Å². The molecule has 0 radical (unpaired) electrons. The topological polar surface area (TPSA) is 67.3 Å². The van der Waals surface area contributed by atoms with Crippen molar-refractivity contribution in [3.63, 3.8) is 0 Å². The average Bonchev–Trinajstić information content (AvgIpc) is 2.58. The van der Waals surface area contributed by atoms with E-state index in [9.17, 15) is 4.79 Å². The molecule has 0 spiro atoms. The van der Waals surface area contributed by atoms with Crippen molar-refractivity contribution in [3.05, 3.63) is 47.3 Å². The molecule has 0 amide bonds. The number of benzene rings is 1. The Morgan fingerprint density at radius 3 is 2.68 bits per heavy atom. The van der Waals surface area contributed by atoms with E-state index in [0.29, 0.717) is 22.2 Å². The number of anilines is 2. The molecule has 1 aromatic carbocycles. The van der Waals surface area contributed by atoms with E-state index in [-0.39, 0.29) is 0 Å². The fraction of sp³-hybridized carbons (Fsp3) is 0.278. The highest BCUT2D eigenvalue weighted by atomic mass is 32.2. The highest BCUT2D eigenvalue weighted by Gasteiger charge is 2.21. The number of nitrogens with one attached hydrogen (secondary N) is 1. The van der Waals surface area contributed by atoms with Gasteiger partial charge in [-0.25, -0.2) is 14.8 Å². The molecule has 25 heavy (non-hydrogen) atoms. The molecule has 2 aromatic rings. The van der Waals surface area contributed by atoms with Crippen molar-refractivity contribution in [3.8, 4) is 0 Å². The van der Waals surface area contributed by atoms with Gasteiger partial charge < -0.3 is 15.0 Å². The molecule has 2 rings (SSSR count). The zero-order valence-corrected chi connectivity index (χ0v) is 15.8. The van der Waals surface area contributed by atoms with E-state index in [1.54, 1.807) is 6.08 Å². The van der Waals surface area contributed by atoms with Crippen molar-refractivity contribution >= 4 is 35.3 Å². The third-order valence-electron chi connectivity index (χ3n) is 3.30. The summed E-state index contributed by atoms with van der Waals surface area (Å²) in [6.45, 7) is 2.00. The van der Waals surface area contributed by atoms with E-state index in [1.165, 1.54) is 18.9 Å². The van der Waals surface area contributed by atoms with Crippen molar-refractivity contribution in [2.45, 2.75) is 12.1 Å². The molecule has 0 unspecified atom stereocenters. The van der Waals surface area contributed by atoms with Gasteiger partial charge in [0.2, 0.25) is 0 Å². The molecule has 0 saturated heterocycles. The highest BCUT2D eigenvalue weighted by molar-refractivity contribution is 7.98.